The predicted molar refractivity (Wildman–Crippen MR) is 54.8 cm³/mol. The van der Waals surface area contributed by atoms with Crippen LogP contribution in [0.2, 0.25) is 0 Å². The summed E-state index contributed by atoms with van der Waals surface area (Å²) < 4.78 is 13.4. The van der Waals surface area contributed by atoms with E-state index < -0.39 is 0 Å². The molecule has 0 aliphatic carbocycles. The number of hydrogen-bond acceptors (Lipinski definition) is 2. The van der Waals surface area contributed by atoms with Crippen molar-refractivity contribution in [2.45, 2.75) is 6.54 Å². The first-order valence-electron chi connectivity index (χ1n) is 4.28. The fraction of sp³-hybridized carbons (Fsp3) is 0.300. The van der Waals surface area contributed by atoms with E-state index in [0.717, 1.165) is 0 Å². The first kappa shape index (κ1) is 10.7. The highest BCUT2D eigenvalue weighted by Crippen LogP contribution is 2.11. The van der Waals surface area contributed by atoms with Crippen LogP contribution in [-0.4, -0.2) is 24.8 Å². The van der Waals surface area contributed by atoms with Gasteiger partial charge in [0.15, 0.2) is 0 Å². The van der Waals surface area contributed by atoms with Crippen molar-refractivity contribution >= 4 is 5.84 Å². The van der Waals surface area contributed by atoms with Crippen LogP contribution in [-0.2, 0) is 6.54 Å². The van der Waals surface area contributed by atoms with Gasteiger partial charge >= 0.3 is 0 Å². The third-order valence-corrected chi connectivity index (χ3v) is 1.85. The lowest BCUT2D eigenvalue weighted by atomic mass is 10.1. The van der Waals surface area contributed by atoms with E-state index in [2.05, 4.69) is 0 Å². The molecule has 0 heterocycles. The number of nitrogens with zero attached hydrogens (tertiary/aromatic N) is 1. The van der Waals surface area contributed by atoms with Gasteiger partial charge in [-0.15, -0.1) is 0 Å². The number of nitrogens with two attached hydrogens (primary N) is 1. The van der Waals surface area contributed by atoms with E-state index in [1.807, 2.05) is 19.0 Å². The SMILES string of the molecule is CN(C)Cc1ccc(C(=N)N)cc1F. The maximum absolute atomic E-state index is 13.4. The fourth-order valence-corrected chi connectivity index (χ4v) is 1.18. The van der Waals surface area contributed by atoms with Crippen molar-refractivity contribution in [3.8, 4) is 0 Å². The normalized spacial score (nSPS) is 10.6. The Labute approximate surface area is 82.8 Å². The Morgan fingerprint density at radius 2 is 2.14 bits per heavy atom. The van der Waals surface area contributed by atoms with Crippen molar-refractivity contribution < 1.29 is 4.39 Å². The van der Waals surface area contributed by atoms with Crippen LogP contribution in [0.25, 0.3) is 0 Å². The Morgan fingerprint density at radius 1 is 1.50 bits per heavy atom. The smallest absolute Gasteiger partial charge is 0.128 e. The van der Waals surface area contributed by atoms with Gasteiger partial charge in [0.25, 0.3) is 0 Å². The molecule has 1 aromatic rings. The van der Waals surface area contributed by atoms with E-state index in [1.165, 1.54) is 6.07 Å². The van der Waals surface area contributed by atoms with Crippen LogP contribution >= 0.6 is 0 Å². The van der Waals surface area contributed by atoms with Crippen LogP contribution < -0.4 is 5.73 Å². The predicted octanol–water partition coefficient (Wildman–Crippen LogP) is 1.17. The molecule has 0 fully saturated rings. The summed E-state index contributed by atoms with van der Waals surface area (Å²) in [6, 6.07) is 4.61. The molecule has 3 N–H and O–H groups in total. The minimum Gasteiger partial charge on any atom is -0.384 e. The zero-order chi connectivity index (χ0) is 10.7. The summed E-state index contributed by atoms with van der Waals surface area (Å²) in [5, 5.41) is 7.14. The first-order chi connectivity index (χ1) is 6.50. The number of nitrogens with one attached hydrogen (secondary N) is 1. The van der Waals surface area contributed by atoms with Gasteiger partial charge in [-0.3, -0.25) is 5.41 Å². The molecule has 14 heavy (non-hydrogen) atoms. The summed E-state index contributed by atoms with van der Waals surface area (Å²) in [5.41, 5.74) is 6.27. The van der Waals surface area contributed by atoms with Crippen molar-refractivity contribution in [2.24, 2.45) is 5.73 Å². The molecule has 0 radical (unpaired) electrons. The first-order valence-corrected chi connectivity index (χ1v) is 4.28. The second kappa shape index (κ2) is 4.19. The van der Waals surface area contributed by atoms with Crippen LogP contribution in [0, 0.1) is 11.2 Å². The Balaban J connectivity index is 2.95. The molecule has 0 spiro atoms. The Bertz CT molecular complexity index is 347. The number of amidine groups is 1. The van der Waals surface area contributed by atoms with Crippen LogP contribution in [0.4, 0.5) is 4.39 Å². The van der Waals surface area contributed by atoms with Crippen LogP contribution in [0.5, 0.6) is 0 Å². The van der Waals surface area contributed by atoms with E-state index in [0.29, 0.717) is 17.7 Å². The highest BCUT2D eigenvalue weighted by Gasteiger charge is 2.05. The summed E-state index contributed by atoms with van der Waals surface area (Å²) in [6.07, 6.45) is 0. The van der Waals surface area contributed by atoms with Gasteiger partial charge in [0, 0.05) is 17.7 Å². The van der Waals surface area contributed by atoms with Crippen LogP contribution in [0.1, 0.15) is 11.1 Å². The molecule has 0 saturated carbocycles. The lowest BCUT2D eigenvalue weighted by molar-refractivity contribution is 0.392. The Hall–Kier alpha value is -1.42. The molecule has 0 aliphatic heterocycles. The van der Waals surface area contributed by atoms with Crippen LogP contribution in [0.15, 0.2) is 18.2 Å². The number of hydrogen-bond donors (Lipinski definition) is 2. The lowest BCUT2D eigenvalue weighted by Crippen LogP contribution is -2.14. The van der Waals surface area contributed by atoms with E-state index in [4.69, 9.17) is 11.1 Å². The Morgan fingerprint density at radius 3 is 2.57 bits per heavy atom. The highest BCUT2D eigenvalue weighted by atomic mass is 19.1. The molecule has 0 atom stereocenters. The molecule has 0 saturated heterocycles. The van der Waals surface area contributed by atoms with E-state index in [-0.39, 0.29) is 11.7 Å². The van der Waals surface area contributed by atoms with Gasteiger partial charge in [-0.25, -0.2) is 4.39 Å². The third kappa shape index (κ3) is 2.53. The second-order valence-electron chi connectivity index (χ2n) is 3.46. The topological polar surface area (TPSA) is 53.1 Å². The molecule has 0 unspecified atom stereocenters. The summed E-state index contributed by atoms with van der Waals surface area (Å²) in [7, 11) is 3.75. The van der Waals surface area contributed by atoms with Crippen LogP contribution in [0.3, 0.4) is 0 Å². The third-order valence-electron chi connectivity index (χ3n) is 1.85. The number of benzene rings is 1. The van der Waals surface area contributed by atoms with E-state index in [1.54, 1.807) is 12.1 Å². The van der Waals surface area contributed by atoms with Crippen molar-refractivity contribution in [1.82, 2.24) is 4.90 Å². The van der Waals surface area contributed by atoms with Gasteiger partial charge in [-0.1, -0.05) is 12.1 Å². The molecule has 0 aliphatic rings. The van der Waals surface area contributed by atoms with E-state index in [9.17, 15) is 4.39 Å². The van der Waals surface area contributed by atoms with Gasteiger partial charge in [-0.2, -0.15) is 0 Å². The van der Waals surface area contributed by atoms with Gasteiger partial charge < -0.3 is 10.6 Å². The van der Waals surface area contributed by atoms with E-state index >= 15 is 0 Å². The summed E-state index contributed by atoms with van der Waals surface area (Å²) in [6.45, 7) is 0.546. The molecule has 4 heteroatoms. The fourth-order valence-electron chi connectivity index (χ4n) is 1.18. The molecular weight excluding hydrogens is 181 g/mol. The number of halogens is 1. The summed E-state index contributed by atoms with van der Waals surface area (Å²) in [4.78, 5) is 1.88. The van der Waals surface area contributed by atoms with Crippen molar-refractivity contribution in [3.63, 3.8) is 0 Å². The molecule has 3 nitrogen and oxygen atoms in total. The molecule has 1 aromatic carbocycles. The molecule has 0 bridgehead atoms. The number of rotatable bonds is 3. The van der Waals surface area contributed by atoms with Crippen molar-refractivity contribution in [2.75, 3.05) is 14.1 Å². The van der Waals surface area contributed by atoms with Crippen molar-refractivity contribution in [3.05, 3.63) is 35.1 Å². The minimum absolute atomic E-state index is 0.111. The average Bonchev–Trinajstić information content (AvgIpc) is 2.07. The molecule has 1 rings (SSSR count). The van der Waals surface area contributed by atoms with Gasteiger partial charge in [0.2, 0.25) is 0 Å². The Kier molecular flexibility index (Phi) is 3.19. The lowest BCUT2D eigenvalue weighted by Gasteiger charge is -2.10. The molecule has 0 aromatic heterocycles. The zero-order valence-corrected chi connectivity index (χ0v) is 8.34. The number of nitrogen functional groups attached to an aromatic ring is 1. The summed E-state index contributed by atoms with van der Waals surface area (Å²) in [5.74, 6) is -0.424. The van der Waals surface area contributed by atoms with Gasteiger partial charge in [0.05, 0.1) is 0 Å². The maximum Gasteiger partial charge on any atom is 0.128 e. The minimum atomic E-state index is -0.314. The molecule has 76 valence electrons. The second-order valence-corrected chi connectivity index (χ2v) is 3.46. The van der Waals surface area contributed by atoms with Gasteiger partial charge in [-0.05, 0) is 20.2 Å². The molecule has 0 amide bonds. The van der Waals surface area contributed by atoms with Crippen molar-refractivity contribution in [1.29, 1.82) is 5.41 Å². The monoisotopic (exact) mass is 195 g/mol. The zero-order valence-electron chi connectivity index (χ0n) is 8.34. The maximum atomic E-state index is 13.4. The highest BCUT2D eigenvalue weighted by molar-refractivity contribution is 5.94. The quantitative estimate of drug-likeness (QED) is 0.562. The molecular formula is C10H14FN3. The largest absolute Gasteiger partial charge is 0.384 e. The standard InChI is InChI=1S/C10H14FN3/c1-14(2)6-8-4-3-7(10(12)13)5-9(8)11/h3-5H,6H2,1-2H3,(H3,12,13). The average molecular weight is 195 g/mol. The van der Waals surface area contributed by atoms with Gasteiger partial charge in [0.1, 0.15) is 11.7 Å². The summed E-state index contributed by atoms with van der Waals surface area (Å²) >= 11 is 0.